The van der Waals surface area contributed by atoms with E-state index >= 15 is 0 Å². The summed E-state index contributed by atoms with van der Waals surface area (Å²) >= 11 is 0. The summed E-state index contributed by atoms with van der Waals surface area (Å²) in [4.78, 5) is 19.1. The maximum absolute atomic E-state index is 10.3. The maximum Gasteiger partial charge on any atom is 0.304 e. The van der Waals surface area contributed by atoms with E-state index < -0.39 is 35.6 Å². The first-order chi connectivity index (χ1) is 10.1. The molecular formula is C13H21O9S-. The lowest BCUT2D eigenvalue weighted by Crippen LogP contribution is -1.97. The van der Waals surface area contributed by atoms with Gasteiger partial charge in [-0.1, -0.05) is 25.6 Å². The molecular weight excluding hydrogens is 332 g/mol. The molecule has 0 aliphatic carbocycles. The second-order valence-corrected chi connectivity index (χ2v) is 4.68. The van der Waals surface area contributed by atoms with E-state index in [1.807, 2.05) is 0 Å². The molecule has 2 N–H and O–H groups in total. The molecule has 134 valence electrons. The summed E-state index contributed by atoms with van der Waals surface area (Å²) in [5.74, 6) is -0.921. The van der Waals surface area contributed by atoms with Crippen LogP contribution in [-0.4, -0.2) is 48.7 Å². The number of carbonyl (C=O) groups is 2. The lowest BCUT2D eigenvalue weighted by molar-refractivity contribution is -0.150. The molecule has 0 spiro atoms. The average Bonchev–Trinajstić information content (AvgIpc) is 2.40. The molecule has 0 amide bonds. The molecule has 0 saturated heterocycles. The van der Waals surface area contributed by atoms with Gasteiger partial charge in [0.15, 0.2) is 13.6 Å². The Balaban J connectivity index is -0.000000271. The number of benzene rings is 1. The van der Waals surface area contributed by atoms with Crippen molar-refractivity contribution in [2.24, 2.45) is 0 Å². The molecule has 0 atom stereocenters. The fraction of sp³-hybridized carbons (Fsp3) is 0.385. The second-order valence-electron chi connectivity index (χ2n) is 3.30. The molecule has 0 aliphatic rings. The van der Waals surface area contributed by atoms with Gasteiger partial charge in [0.2, 0.25) is 0 Å². The number of aliphatic hydroxyl groups excluding tert-OH is 2. The number of esters is 2. The van der Waals surface area contributed by atoms with E-state index in [0.29, 0.717) is 0 Å². The highest BCUT2D eigenvalue weighted by molar-refractivity contribution is 7.85. The summed E-state index contributed by atoms with van der Waals surface area (Å²) in [5.41, 5.74) is 0. The van der Waals surface area contributed by atoms with Crippen LogP contribution in [0.2, 0.25) is 0 Å². The van der Waals surface area contributed by atoms with Crippen molar-refractivity contribution < 1.29 is 42.2 Å². The molecule has 0 unspecified atom stereocenters. The van der Waals surface area contributed by atoms with Crippen molar-refractivity contribution in [3.8, 4) is 0 Å². The van der Waals surface area contributed by atoms with E-state index in [4.69, 9.17) is 10.2 Å². The van der Waals surface area contributed by atoms with Gasteiger partial charge in [-0.15, -0.1) is 0 Å². The maximum atomic E-state index is 10.3. The molecule has 9 nitrogen and oxygen atoms in total. The number of rotatable bonds is 3. The first-order valence-electron chi connectivity index (χ1n) is 5.64. The van der Waals surface area contributed by atoms with Gasteiger partial charge in [0, 0.05) is 13.8 Å². The van der Waals surface area contributed by atoms with E-state index in [9.17, 15) is 22.6 Å². The van der Waals surface area contributed by atoms with Crippen molar-refractivity contribution in [1.29, 1.82) is 0 Å². The quantitative estimate of drug-likeness (QED) is 0.442. The van der Waals surface area contributed by atoms with Crippen LogP contribution < -0.4 is 0 Å². The Morgan fingerprint density at radius 1 is 1.00 bits per heavy atom. The van der Waals surface area contributed by atoms with Crippen LogP contribution in [-0.2, 0) is 29.2 Å². The van der Waals surface area contributed by atoms with Gasteiger partial charge in [0.1, 0.15) is 10.1 Å². The summed E-state index contributed by atoms with van der Waals surface area (Å²) < 4.78 is 38.7. The number of ether oxygens (including phenoxy) is 2. The molecule has 0 aliphatic heterocycles. The first-order valence-corrected chi connectivity index (χ1v) is 7.05. The number of hydrogen-bond donors (Lipinski definition) is 2. The Hall–Kier alpha value is -2.01. The topological polar surface area (TPSA) is 150 Å². The van der Waals surface area contributed by atoms with Gasteiger partial charge in [-0.05, 0) is 12.1 Å². The molecule has 0 bridgehead atoms. The summed E-state index contributed by atoms with van der Waals surface area (Å²) in [5, 5.41) is 15.6. The van der Waals surface area contributed by atoms with Crippen molar-refractivity contribution in [3.05, 3.63) is 30.3 Å². The Bertz CT molecular complexity index is 510. The Morgan fingerprint density at radius 3 is 1.48 bits per heavy atom. The third-order valence-electron chi connectivity index (χ3n) is 1.57. The summed E-state index contributed by atoms with van der Waals surface area (Å²) in [6.07, 6.45) is 0. The van der Waals surface area contributed by atoms with Gasteiger partial charge < -0.3 is 24.2 Å². The predicted molar refractivity (Wildman–Crippen MR) is 78.8 cm³/mol. The van der Waals surface area contributed by atoms with Crippen LogP contribution in [0.3, 0.4) is 0 Å². The predicted octanol–water partition coefficient (Wildman–Crippen LogP) is 0.225. The molecule has 1 aromatic carbocycles. The van der Waals surface area contributed by atoms with Crippen molar-refractivity contribution in [2.75, 3.05) is 13.6 Å². The average molecular weight is 353 g/mol. The van der Waals surface area contributed by atoms with Gasteiger partial charge >= 0.3 is 11.9 Å². The van der Waals surface area contributed by atoms with Crippen molar-refractivity contribution in [2.45, 2.75) is 26.2 Å². The zero-order valence-electron chi connectivity index (χ0n) is 12.0. The molecule has 0 heterocycles. The summed E-state index contributed by atoms with van der Waals surface area (Å²) in [6.45, 7) is 1.43. The number of aliphatic hydroxyl groups is 2. The van der Waals surface area contributed by atoms with Gasteiger partial charge in [-0.3, -0.25) is 9.59 Å². The van der Waals surface area contributed by atoms with Crippen LogP contribution in [0.25, 0.3) is 0 Å². The van der Waals surface area contributed by atoms with E-state index in [1.54, 1.807) is 6.07 Å². The van der Waals surface area contributed by atoms with Crippen LogP contribution in [0, 0.1) is 0 Å². The summed E-state index contributed by atoms with van der Waals surface area (Å²) in [6, 6.07) is 7.19. The largest absolute Gasteiger partial charge is 0.744 e. The standard InChI is InChI=1S/C6H6O3S.2C3H6O3.CH4/c7-10(8,9)6-4-2-1-3-5-6;2*1-3(5)6-2-4;/h1-5H,(H,7,8,9);2*4H,2H2,1H3;1H4/p-1. The minimum atomic E-state index is -4.25. The Labute approximate surface area is 135 Å². The molecule has 0 aromatic heterocycles. The SMILES string of the molecule is C.CC(=O)OCO.CC(=O)OCO.O=S(=O)([O-])c1ccccc1. The first kappa shape index (κ1) is 25.9. The van der Waals surface area contributed by atoms with Crippen molar-refractivity contribution in [1.82, 2.24) is 0 Å². The van der Waals surface area contributed by atoms with Gasteiger partial charge in [0.05, 0.1) is 4.90 Å². The van der Waals surface area contributed by atoms with E-state index in [0.717, 1.165) is 0 Å². The fourth-order valence-corrected chi connectivity index (χ4v) is 1.26. The minimum Gasteiger partial charge on any atom is -0.744 e. The number of hydrogen-bond acceptors (Lipinski definition) is 9. The van der Waals surface area contributed by atoms with Crippen molar-refractivity contribution in [3.63, 3.8) is 0 Å². The highest BCUT2D eigenvalue weighted by Gasteiger charge is 1.95. The van der Waals surface area contributed by atoms with Gasteiger partial charge in [-0.2, -0.15) is 0 Å². The molecule has 1 aromatic rings. The van der Waals surface area contributed by atoms with E-state index in [2.05, 4.69) is 9.47 Å². The van der Waals surface area contributed by atoms with Gasteiger partial charge in [0.25, 0.3) is 0 Å². The second kappa shape index (κ2) is 14.9. The van der Waals surface area contributed by atoms with Crippen LogP contribution in [0.15, 0.2) is 35.2 Å². The molecule has 0 fully saturated rings. The Morgan fingerprint density at radius 2 is 1.35 bits per heavy atom. The fourth-order valence-electron chi connectivity index (χ4n) is 0.769. The Kier molecular flexibility index (Phi) is 16.8. The lowest BCUT2D eigenvalue weighted by atomic mass is 10.4. The molecule has 1 rings (SSSR count). The highest BCUT2D eigenvalue weighted by Crippen LogP contribution is 2.04. The highest BCUT2D eigenvalue weighted by atomic mass is 32.2. The molecule has 10 heteroatoms. The number of carbonyl (C=O) groups excluding carboxylic acids is 2. The lowest BCUT2D eigenvalue weighted by Gasteiger charge is -2.04. The zero-order chi connectivity index (χ0) is 17.6. The third kappa shape index (κ3) is 20.0. The van der Waals surface area contributed by atoms with Crippen LogP contribution >= 0.6 is 0 Å². The minimum absolute atomic E-state index is 0. The normalized spacial score (nSPS) is 8.91. The third-order valence-corrected chi connectivity index (χ3v) is 2.42. The monoisotopic (exact) mass is 353 g/mol. The van der Waals surface area contributed by atoms with Crippen LogP contribution in [0.5, 0.6) is 0 Å². The molecule has 0 radical (unpaired) electrons. The van der Waals surface area contributed by atoms with Gasteiger partial charge in [-0.25, -0.2) is 8.42 Å². The smallest absolute Gasteiger partial charge is 0.304 e. The van der Waals surface area contributed by atoms with Crippen LogP contribution in [0.1, 0.15) is 21.3 Å². The molecule has 23 heavy (non-hydrogen) atoms. The van der Waals surface area contributed by atoms with Crippen molar-refractivity contribution >= 4 is 22.1 Å². The van der Waals surface area contributed by atoms with E-state index in [1.165, 1.54) is 38.1 Å². The van der Waals surface area contributed by atoms with Crippen LogP contribution in [0.4, 0.5) is 0 Å². The van der Waals surface area contributed by atoms with E-state index in [-0.39, 0.29) is 12.3 Å². The summed E-state index contributed by atoms with van der Waals surface area (Å²) in [7, 11) is -4.25. The molecule has 0 saturated carbocycles. The zero-order valence-corrected chi connectivity index (χ0v) is 12.8.